The molecule has 0 saturated heterocycles. The molecule has 0 spiro atoms. The third-order valence-electron chi connectivity index (χ3n) is 7.23. The topological polar surface area (TPSA) is 92.4 Å². The minimum absolute atomic E-state index is 0.0340. The van der Waals surface area contributed by atoms with Gasteiger partial charge in [0.05, 0.1) is 29.0 Å². The van der Waals surface area contributed by atoms with E-state index < -0.39 is 29.9 Å². The van der Waals surface area contributed by atoms with Crippen molar-refractivity contribution in [1.82, 2.24) is 13.5 Å². The Kier molecular flexibility index (Phi) is 8.42. The molecule has 0 unspecified atom stereocenters. The van der Waals surface area contributed by atoms with Crippen molar-refractivity contribution in [3.63, 3.8) is 0 Å². The minimum atomic E-state index is -3.93. The van der Waals surface area contributed by atoms with Crippen LogP contribution in [0.2, 0.25) is 25.7 Å². The number of benzene rings is 2. The van der Waals surface area contributed by atoms with Gasteiger partial charge in [-0.05, 0) is 61.0 Å². The van der Waals surface area contributed by atoms with E-state index in [-0.39, 0.29) is 28.4 Å². The zero-order valence-corrected chi connectivity index (χ0v) is 26.6. The predicted molar refractivity (Wildman–Crippen MR) is 168 cm³/mol. The number of methoxy groups -OCH3 is 1. The fourth-order valence-electron chi connectivity index (χ4n) is 4.95. The molecule has 8 nitrogen and oxygen atoms in total. The third kappa shape index (κ3) is 6.06. The number of carbonyl (C=O) groups excluding carboxylic acids is 1. The van der Waals surface area contributed by atoms with Crippen LogP contribution in [0.25, 0.3) is 33.5 Å². The number of hydrogen-bond donors (Lipinski definition) is 0. The van der Waals surface area contributed by atoms with E-state index in [1.54, 1.807) is 60.0 Å². The second-order valence-corrected chi connectivity index (χ2v) is 19.0. The highest BCUT2D eigenvalue weighted by atomic mass is 32.2. The van der Waals surface area contributed by atoms with Crippen LogP contribution < -0.4 is 0 Å². The highest BCUT2D eigenvalue weighted by Gasteiger charge is 2.27. The molecule has 43 heavy (non-hydrogen) atoms. The Hall–Kier alpha value is -4.06. The zero-order chi connectivity index (χ0) is 30.9. The molecule has 0 aliphatic carbocycles. The normalized spacial score (nSPS) is 12.1. The molecule has 0 saturated carbocycles. The van der Waals surface area contributed by atoms with Gasteiger partial charge in [-0.25, -0.2) is 26.6 Å². The number of hydrogen-bond acceptors (Lipinski definition) is 6. The fraction of sp³-hybridized carbons (Fsp3) is 0.250. The van der Waals surface area contributed by atoms with Crippen molar-refractivity contribution in [2.45, 2.75) is 44.2 Å². The summed E-state index contributed by atoms with van der Waals surface area (Å²) in [6.07, 6.45) is 2.98. The van der Waals surface area contributed by atoms with Crippen molar-refractivity contribution in [2.75, 3.05) is 13.7 Å². The van der Waals surface area contributed by atoms with Crippen molar-refractivity contribution in [3.05, 3.63) is 96.1 Å². The Balaban J connectivity index is 1.73. The van der Waals surface area contributed by atoms with Gasteiger partial charge in [0, 0.05) is 43.6 Å². The van der Waals surface area contributed by atoms with Crippen molar-refractivity contribution in [1.29, 1.82) is 0 Å². The second-order valence-electron chi connectivity index (χ2n) is 11.6. The lowest BCUT2D eigenvalue weighted by atomic mass is 10.0. The Morgan fingerprint density at radius 3 is 2.42 bits per heavy atom. The van der Waals surface area contributed by atoms with Gasteiger partial charge in [-0.2, -0.15) is 0 Å². The third-order valence-corrected chi connectivity index (χ3v) is 10.6. The minimum Gasteiger partial charge on any atom is -0.465 e. The number of rotatable bonds is 10. The lowest BCUT2D eigenvalue weighted by Crippen LogP contribution is -2.22. The number of esters is 1. The molecular weight excluding hydrogens is 586 g/mol. The van der Waals surface area contributed by atoms with Crippen LogP contribution in [0.1, 0.15) is 15.9 Å². The summed E-state index contributed by atoms with van der Waals surface area (Å²) in [4.78, 5) is 17.6. The molecule has 0 fully saturated rings. The molecular formula is C32H34FN3O5SSi. The van der Waals surface area contributed by atoms with E-state index in [1.807, 2.05) is 0 Å². The van der Waals surface area contributed by atoms with E-state index in [0.717, 1.165) is 15.6 Å². The first kappa shape index (κ1) is 30.4. The quantitative estimate of drug-likeness (QED) is 0.0954. The molecule has 0 atom stereocenters. The Morgan fingerprint density at radius 1 is 1.00 bits per heavy atom. The number of aryl methyl sites for hydroxylation is 1. The fourth-order valence-corrected chi connectivity index (χ4v) is 7.03. The summed E-state index contributed by atoms with van der Waals surface area (Å²) in [5, 5.41) is 0.537. The van der Waals surface area contributed by atoms with Crippen LogP contribution in [0, 0.1) is 12.7 Å². The molecule has 5 rings (SSSR count). The highest BCUT2D eigenvalue weighted by Crippen LogP contribution is 2.38. The van der Waals surface area contributed by atoms with Gasteiger partial charge < -0.3 is 14.0 Å². The largest absolute Gasteiger partial charge is 0.465 e. The average molecular weight is 620 g/mol. The van der Waals surface area contributed by atoms with Crippen LogP contribution in [-0.4, -0.2) is 49.7 Å². The maximum absolute atomic E-state index is 15.5. The maximum atomic E-state index is 15.5. The van der Waals surface area contributed by atoms with E-state index in [4.69, 9.17) is 9.47 Å². The van der Waals surface area contributed by atoms with Crippen LogP contribution in [-0.2, 0) is 26.2 Å². The molecule has 0 N–H and O–H groups in total. The molecule has 2 aromatic carbocycles. The van der Waals surface area contributed by atoms with Gasteiger partial charge in [0.1, 0.15) is 12.5 Å². The van der Waals surface area contributed by atoms with E-state index >= 15 is 4.39 Å². The highest BCUT2D eigenvalue weighted by molar-refractivity contribution is 7.90. The second kappa shape index (κ2) is 11.9. The Labute approximate surface area is 251 Å². The predicted octanol–water partition coefficient (Wildman–Crippen LogP) is 6.96. The average Bonchev–Trinajstić information content (AvgIpc) is 3.57. The summed E-state index contributed by atoms with van der Waals surface area (Å²) in [6.45, 7) is 9.08. The summed E-state index contributed by atoms with van der Waals surface area (Å²) in [6, 6.07) is 18.9. The first-order chi connectivity index (χ1) is 20.4. The van der Waals surface area contributed by atoms with E-state index in [1.165, 1.54) is 37.7 Å². The van der Waals surface area contributed by atoms with E-state index in [0.29, 0.717) is 28.9 Å². The molecule has 11 heteroatoms. The van der Waals surface area contributed by atoms with Gasteiger partial charge in [-0.15, -0.1) is 0 Å². The Bertz CT molecular complexity index is 1910. The van der Waals surface area contributed by atoms with Crippen LogP contribution in [0.15, 0.2) is 84.0 Å². The molecule has 5 aromatic rings. The molecule has 0 radical (unpaired) electrons. The molecule has 3 heterocycles. The summed E-state index contributed by atoms with van der Waals surface area (Å²) >= 11 is 0. The summed E-state index contributed by atoms with van der Waals surface area (Å²) < 4.78 is 56.7. The molecule has 0 bridgehead atoms. The summed E-state index contributed by atoms with van der Waals surface area (Å²) in [7, 11) is -4.06. The Morgan fingerprint density at radius 2 is 1.74 bits per heavy atom. The number of fused-ring (bicyclic) bond motifs is 1. The van der Waals surface area contributed by atoms with Gasteiger partial charge in [0.15, 0.2) is 5.65 Å². The molecule has 0 amide bonds. The van der Waals surface area contributed by atoms with Gasteiger partial charge in [-0.1, -0.05) is 43.9 Å². The van der Waals surface area contributed by atoms with Gasteiger partial charge in [0.25, 0.3) is 10.0 Å². The molecule has 0 aliphatic heterocycles. The van der Waals surface area contributed by atoms with Crippen LogP contribution in [0.3, 0.4) is 0 Å². The van der Waals surface area contributed by atoms with E-state index in [2.05, 4.69) is 24.6 Å². The monoisotopic (exact) mass is 619 g/mol. The van der Waals surface area contributed by atoms with Crippen molar-refractivity contribution < 1.29 is 27.1 Å². The SMILES string of the molecule is COC(=O)c1cc(-c2ccnc3c2ccn3S(=O)(=O)c2ccccc2)n(COCC[Si](C)(C)C)c1-c1ccc(C)cc1F. The van der Waals surface area contributed by atoms with Crippen LogP contribution >= 0.6 is 0 Å². The van der Waals surface area contributed by atoms with Gasteiger partial charge >= 0.3 is 5.97 Å². The first-order valence-corrected chi connectivity index (χ1v) is 19.0. The smallest absolute Gasteiger partial charge is 0.340 e. The van der Waals surface area contributed by atoms with Crippen LogP contribution in [0.5, 0.6) is 0 Å². The van der Waals surface area contributed by atoms with Gasteiger partial charge in [-0.3, -0.25) is 0 Å². The lowest BCUT2D eigenvalue weighted by Gasteiger charge is -2.19. The first-order valence-electron chi connectivity index (χ1n) is 13.9. The van der Waals surface area contributed by atoms with Crippen molar-refractivity contribution >= 4 is 35.1 Å². The van der Waals surface area contributed by atoms with Crippen molar-refractivity contribution in [2.24, 2.45) is 0 Å². The zero-order valence-electron chi connectivity index (χ0n) is 24.8. The number of aromatic nitrogens is 3. The van der Waals surface area contributed by atoms with Crippen LogP contribution in [0.4, 0.5) is 4.39 Å². The maximum Gasteiger partial charge on any atom is 0.340 e. The molecule has 224 valence electrons. The number of ether oxygens (including phenoxy) is 2. The molecule has 3 aromatic heterocycles. The lowest BCUT2D eigenvalue weighted by molar-refractivity contribution is 0.0600. The standard InChI is InChI=1S/C32H34FN3O5SSi/c1-22-11-12-26(28(33)19-22)30-27(32(37)40-2)20-29(35(30)21-41-17-18-43(3,4)5)24-13-15-34-31-25(24)14-16-36(31)42(38,39)23-9-7-6-8-10-23/h6-16,19-20H,17-18,21H2,1-5H3. The van der Waals surface area contributed by atoms with Crippen molar-refractivity contribution in [3.8, 4) is 22.5 Å². The number of carbonyl (C=O) groups is 1. The molecule has 0 aliphatic rings. The number of pyridine rings is 1. The van der Waals surface area contributed by atoms with Gasteiger partial charge in [0.2, 0.25) is 0 Å². The summed E-state index contributed by atoms with van der Waals surface area (Å²) in [5.74, 6) is -1.12. The van der Waals surface area contributed by atoms with E-state index in [9.17, 15) is 13.2 Å². The number of nitrogens with zero attached hydrogens (tertiary/aromatic N) is 3. The summed E-state index contributed by atoms with van der Waals surface area (Å²) in [5.41, 5.74) is 2.79. The number of halogens is 1.